The third kappa shape index (κ3) is 1.88. The zero-order valence-corrected chi connectivity index (χ0v) is 9.41. The minimum Gasteiger partial charge on any atom is -0.337 e. The van der Waals surface area contributed by atoms with Crippen LogP contribution in [0.4, 0.5) is 0 Å². The van der Waals surface area contributed by atoms with Gasteiger partial charge in [-0.25, -0.2) is 0 Å². The molecule has 0 fully saturated rings. The van der Waals surface area contributed by atoms with E-state index in [1.807, 2.05) is 29.0 Å². The van der Waals surface area contributed by atoms with Gasteiger partial charge >= 0.3 is 0 Å². The predicted molar refractivity (Wildman–Crippen MR) is 62.6 cm³/mol. The molecule has 0 aliphatic heterocycles. The zero-order valence-electron chi connectivity index (χ0n) is 8.59. The molecule has 0 saturated heterocycles. The zero-order chi connectivity index (χ0) is 10.7. The van der Waals surface area contributed by atoms with Crippen molar-refractivity contribution in [2.75, 3.05) is 0 Å². The van der Waals surface area contributed by atoms with Gasteiger partial charge in [0.2, 0.25) is 0 Å². The van der Waals surface area contributed by atoms with Gasteiger partial charge in [-0.3, -0.25) is 4.79 Å². The van der Waals surface area contributed by atoms with Crippen LogP contribution in [-0.2, 0) is 0 Å². The Bertz CT molecular complexity index is 430. The van der Waals surface area contributed by atoms with Gasteiger partial charge < -0.3 is 4.57 Å². The number of carbonyl (C=O) groups is 1. The molecule has 2 aromatic rings. The van der Waals surface area contributed by atoms with Gasteiger partial charge in [0.05, 0.1) is 11.7 Å². The highest BCUT2D eigenvalue weighted by Crippen LogP contribution is 2.27. The molecule has 0 aliphatic rings. The van der Waals surface area contributed by atoms with E-state index in [0.29, 0.717) is 6.04 Å². The van der Waals surface area contributed by atoms with Gasteiger partial charge in [0.15, 0.2) is 6.29 Å². The van der Waals surface area contributed by atoms with Crippen molar-refractivity contribution in [1.82, 2.24) is 4.57 Å². The smallest absolute Gasteiger partial charge is 0.166 e. The Morgan fingerprint density at radius 3 is 2.93 bits per heavy atom. The van der Waals surface area contributed by atoms with Gasteiger partial charge in [-0.15, -0.1) is 11.3 Å². The molecule has 0 aromatic carbocycles. The number of aromatic nitrogens is 1. The topological polar surface area (TPSA) is 22.0 Å². The summed E-state index contributed by atoms with van der Waals surface area (Å²) in [7, 11) is 0. The van der Waals surface area contributed by atoms with Crippen LogP contribution in [-0.4, -0.2) is 10.9 Å². The maximum atomic E-state index is 10.9. The van der Waals surface area contributed by atoms with Gasteiger partial charge in [-0.1, -0.05) is 13.0 Å². The number of nitrogens with zero attached hydrogens (tertiary/aromatic N) is 1. The second kappa shape index (κ2) is 4.45. The molecule has 0 spiro atoms. The first kappa shape index (κ1) is 10.2. The molecule has 0 aliphatic carbocycles. The van der Waals surface area contributed by atoms with E-state index in [-0.39, 0.29) is 0 Å². The molecule has 2 aromatic heterocycles. The molecule has 78 valence electrons. The van der Waals surface area contributed by atoms with Crippen molar-refractivity contribution in [3.63, 3.8) is 0 Å². The maximum absolute atomic E-state index is 10.9. The molecule has 2 nitrogen and oxygen atoms in total. The number of carbonyl (C=O) groups excluding carboxylic acids is 1. The SMILES string of the molecule is CCC(c1cccs1)n1cccc1C=O. The first-order valence-corrected chi connectivity index (χ1v) is 5.90. The summed E-state index contributed by atoms with van der Waals surface area (Å²) in [6, 6.07) is 8.23. The number of hydrogen-bond acceptors (Lipinski definition) is 2. The maximum Gasteiger partial charge on any atom is 0.166 e. The second-order valence-corrected chi connectivity index (χ2v) is 4.38. The minimum atomic E-state index is 0.292. The standard InChI is InChI=1S/C12H13NOS/c1-2-11(12-6-4-8-15-12)13-7-3-5-10(13)9-14/h3-9,11H,2H2,1H3. The molecule has 2 heterocycles. The van der Waals surface area contributed by atoms with Crippen LogP contribution in [0.1, 0.15) is 34.8 Å². The Balaban J connectivity index is 2.39. The largest absolute Gasteiger partial charge is 0.337 e. The van der Waals surface area contributed by atoms with E-state index in [2.05, 4.69) is 18.4 Å². The van der Waals surface area contributed by atoms with Gasteiger partial charge in [0, 0.05) is 11.1 Å². The molecule has 3 heteroatoms. The van der Waals surface area contributed by atoms with Crippen molar-refractivity contribution in [1.29, 1.82) is 0 Å². The minimum absolute atomic E-state index is 0.292. The summed E-state index contributed by atoms with van der Waals surface area (Å²) in [6.07, 6.45) is 3.88. The Morgan fingerprint density at radius 1 is 1.47 bits per heavy atom. The predicted octanol–water partition coefficient (Wildman–Crippen LogP) is 3.36. The number of aldehydes is 1. The van der Waals surface area contributed by atoms with Crippen LogP contribution in [0.3, 0.4) is 0 Å². The quantitative estimate of drug-likeness (QED) is 0.723. The molecule has 0 saturated carbocycles. The third-order valence-corrected chi connectivity index (χ3v) is 3.50. The number of hydrogen-bond donors (Lipinski definition) is 0. The van der Waals surface area contributed by atoms with Crippen LogP contribution in [0.5, 0.6) is 0 Å². The summed E-state index contributed by atoms with van der Waals surface area (Å²) in [6.45, 7) is 2.14. The average Bonchev–Trinajstić information content (AvgIpc) is 2.89. The van der Waals surface area contributed by atoms with Crippen LogP contribution >= 0.6 is 11.3 Å². The summed E-state index contributed by atoms with van der Waals surface area (Å²) in [5.41, 5.74) is 0.746. The van der Waals surface area contributed by atoms with Crippen molar-refractivity contribution < 1.29 is 4.79 Å². The molecule has 0 amide bonds. The summed E-state index contributed by atoms with van der Waals surface area (Å²) < 4.78 is 2.04. The highest BCUT2D eigenvalue weighted by molar-refractivity contribution is 7.10. The van der Waals surface area contributed by atoms with Crippen molar-refractivity contribution >= 4 is 17.6 Å². The van der Waals surface area contributed by atoms with Crippen LogP contribution in [0, 0.1) is 0 Å². The summed E-state index contributed by atoms with van der Waals surface area (Å²) >= 11 is 1.74. The fourth-order valence-electron chi connectivity index (χ4n) is 1.81. The van der Waals surface area contributed by atoms with Crippen LogP contribution in [0.15, 0.2) is 35.8 Å². The molecule has 0 bridgehead atoms. The van der Waals surface area contributed by atoms with E-state index in [9.17, 15) is 4.79 Å². The van der Waals surface area contributed by atoms with Crippen LogP contribution in [0.25, 0.3) is 0 Å². The summed E-state index contributed by atoms with van der Waals surface area (Å²) in [4.78, 5) is 12.2. The molecule has 1 unspecified atom stereocenters. The van der Waals surface area contributed by atoms with E-state index in [0.717, 1.165) is 18.4 Å². The van der Waals surface area contributed by atoms with E-state index >= 15 is 0 Å². The highest BCUT2D eigenvalue weighted by Gasteiger charge is 2.14. The van der Waals surface area contributed by atoms with Crippen LogP contribution in [0.2, 0.25) is 0 Å². The lowest BCUT2D eigenvalue weighted by atomic mass is 10.2. The number of thiophene rings is 1. The Hall–Kier alpha value is -1.35. The Kier molecular flexibility index (Phi) is 3.02. The van der Waals surface area contributed by atoms with Crippen LogP contribution < -0.4 is 0 Å². The molecule has 15 heavy (non-hydrogen) atoms. The van der Waals surface area contributed by atoms with E-state index in [1.54, 1.807) is 11.3 Å². The normalized spacial score (nSPS) is 12.6. The fraction of sp³-hybridized carbons (Fsp3) is 0.250. The van der Waals surface area contributed by atoms with Gasteiger partial charge in [-0.05, 0) is 30.0 Å². The van der Waals surface area contributed by atoms with Crippen molar-refractivity contribution in [2.24, 2.45) is 0 Å². The Labute approximate surface area is 93.2 Å². The summed E-state index contributed by atoms with van der Waals surface area (Å²) in [5, 5.41) is 2.07. The van der Waals surface area contributed by atoms with E-state index in [1.165, 1.54) is 4.88 Å². The molecule has 0 radical (unpaired) electrons. The third-order valence-electron chi connectivity index (χ3n) is 2.53. The van der Waals surface area contributed by atoms with Crippen molar-refractivity contribution in [2.45, 2.75) is 19.4 Å². The lowest BCUT2D eigenvalue weighted by Gasteiger charge is -2.17. The van der Waals surface area contributed by atoms with E-state index < -0.39 is 0 Å². The molecular formula is C12H13NOS. The fourth-order valence-corrected chi connectivity index (χ4v) is 2.72. The van der Waals surface area contributed by atoms with Crippen molar-refractivity contribution in [3.8, 4) is 0 Å². The lowest BCUT2D eigenvalue weighted by Crippen LogP contribution is -2.09. The van der Waals surface area contributed by atoms with Gasteiger partial charge in [0.25, 0.3) is 0 Å². The average molecular weight is 219 g/mol. The van der Waals surface area contributed by atoms with Crippen molar-refractivity contribution in [3.05, 3.63) is 46.4 Å². The summed E-state index contributed by atoms with van der Waals surface area (Å²) in [5.74, 6) is 0. The van der Waals surface area contributed by atoms with Gasteiger partial charge in [-0.2, -0.15) is 0 Å². The van der Waals surface area contributed by atoms with Gasteiger partial charge in [0.1, 0.15) is 0 Å². The first-order valence-electron chi connectivity index (χ1n) is 5.02. The highest BCUT2D eigenvalue weighted by atomic mass is 32.1. The monoisotopic (exact) mass is 219 g/mol. The molecule has 0 N–H and O–H groups in total. The van der Waals surface area contributed by atoms with E-state index in [4.69, 9.17) is 0 Å². The second-order valence-electron chi connectivity index (χ2n) is 3.40. The Morgan fingerprint density at radius 2 is 2.33 bits per heavy atom. The number of rotatable bonds is 4. The lowest BCUT2D eigenvalue weighted by molar-refractivity contribution is 0.111. The molecule has 1 atom stereocenters. The molecule has 2 rings (SSSR count). The first-order chi connectivity index (χ1) is 7.36. The molecular weight excluding hydrogens is 206 g/mol.